The summed E-state index contributed by atoms with van der Waals surface area (Å²) in [5.74, 6) is 2.96. The molecule has 1 heterocycles. The number of benzene rings is 2. The summed E-state index contributed by atoms with van der Waals surface area (Å²) in [6.45, 7) is 9.89. The molecule has 0 aromatic heterocycles. The van der Waals surface area contributed by atoms with E-state index in [1.807, 2.05) is 62.4 Å². The van der Waals surface area contributed by atoms with E-state index in [9.17, 15) is 0 Å². The summed E-state index contributed by atoms with van der Waals surface area (Å²) in [5.41, 5.74) is 0. The van der Waals surface area contributed by atoms with Crippen molar-refractivity contribution in [2.75, 3.05) is 65.8 Å². The molecule has 0 bridgehead atoms. The molecule has 8 nitrogen and oxygen atoms in total. The Bertz CT molecular complexity index is 742. The van der Waals surface area contributed by atoms with E-state index in [0.717, 1.165) is 23.0 Å². The molecule has 3 rings (SSSR count). The number of nitrogens with one attached hydrogen (secondary N) is 2. The Kier molecular flexibility index (Phi) is 11.8. The first-order valence-electron chi connectivity index (χ1n) is 12.1. The molecule has 0 amide bonds. The van der Waals surface area contributed by atoms with Gasteiger partial charge in [-0.15, -0.1) is 0 Å². The van der Waals surface area contributed by atoms with Crippen LogP contribution in [-0.2, 0) is 9.47 Å². The summed E-state index contributed by atoms with van der Waals surface area (Å²) < 4.78 is 35.4. The predicted octanol–water partition coefficient (Wildman–Crippen LogP) is 2.91. The van der Waals surface area contributed by atoms with Gasteiger partial charge in [0.25, 0.3) is 0 Å². The van der Waals surface area contributed by atoms with Gasteiger partial charge in [-0.05, 0) is 38.1 Å². The van der Waals surface area contributed by atoms with Crippen molar-refractivity contribution in [1.82, 2.24) is 10.6 Å². The van der Waals surface area contributed by atoms with E-state index < -0.39 is 0 Å². The number of para-hydroxylation sites is 4. The van der Waals surface area contributed by atoms with Crippen molar-refractivity contribution < 1.29 is 28.4 Å². The fourth-order valence-electron chi connectivity index (χ4n) is 3.51. The molecular formula is C26H38N2O6. The minimum atomic E-state index is -0.0786. The lowest BCUT2D eigenvalue weighted by molar-refractivity contribution is -0.000311. The molecule has 1 fully saturated rings. The van der Waals surface area contributed by atoms with E-state index in [4.69, 9.17) is 28.4 Å². The lowest BCUT2D eigenvalue weighted by Gasteiger charge is -2.24. The van der Waals surface area contributed by atoms with E-state index in [-0.39, 0.29) is 12.2 Å². The third kappa shape index (κ3) is 9.02. The number of hydrogen-bond acceptors (Lipinski definition) is 8. The van der Waals surface area contributed by atoms with E-state index in [1.165, 1.54) is 0 Å². The van der Waals surface area contributed by atoms with Gasteiger partial charge in [0.15, 0.2) is 23.0 Å². The molecule has 2 aromatic rings. The summed E-state index contributed by atoms with van der Waals surface area (Å²) in [6, 6.07) is 15.4. The third-order valence-corrected chi connectivity index (χ3v) is 5.16. The van der Waals surface area contributed by atoms with Crippen LogP contribution < -0.4 is 29.6 Å². The highest BCUT2D eigenvalue weighted by atomic mass is 16.6. The maximum Gasteiger partial charge on any atom is 0.161 e. The van der Waals surface area contributed by atoms with Crippen LogP contribution in [0.25, 0.3) is 0 Å². The second-order valence-corrected chi connectivity index (χ2v) is 7.78. The van der Waals surface area contributed by atoms with Gasteiger partial charge < -0.3 is 39.1 Å². The van der Waals surface area contributed by atoms with Crippen molar-refractivity contribution in [3.05, 3.63) is 48.5 Å². The zero-order valence-electron chi connectivity index (χ0n) is 20.3. The summed E-state index contributed by atoms with van der Waals surface area (Å²) in [6.07, 6.45) is -0.157. The molecule has 1 aliphatic rings. The maximum absolute atomic E-state index is 6.06. The summed E-state index contributed by atoms with van der Waals surface area (Å²) in [4.78, 5) is 0. The van der Waals surface area contributed by atoms with Gasteiger partial charge in [-0.3, -0.25) is 0 Å². The molecule has 34 heavy (non-hydrogen) atoms. The summed E-state index contributed by atoms with van der Waals surface area (Å²) >= 11 is 0. The molecule has 1 saturated heterocycles. The van der Waals surface area contributed by atoms with Gasteiger partial charge in [0, 0.05) is 26.2 Å². The number of ether oxygens (including phenoxy) is 6. The van der Waals surface area contributed by atoms with Gasteiger partial charge in [0.2, 0.25) is 0 Å². The van der Waals surface area contributed by atoms with Crippen LogP contribution in [0.5, 0.6) is 23.0 Å². The molecule has 2 N–H and O–H groups in total. The van der Waals surface area contributed by atoms with Crippen LogP contribution in [0.4, 0.5) is 0 Å². The Hall–Kier alpha value is -2.52. The minimum Gasteiger partial charge on any atom is -0.490 e. The lowest BCUT2D eigenvalue weighted by Crippen LogP contribution is -2.41. The molecule has 0 radical (unpaired) electrons. The summed E-state index contributed by atoms with van der Waals surface area (Å²) in [5, 5.41) is 6.81. The van der Waals surface area contributed by atoms with Crippen molar-refractivity contribution in [1.29, 1.82) is 0 Å². The van der Waals surface area contributed by atoms with Crippen LogP contribution in [0.2, 0.25) is 0 Å². The molecule has 0 saturated carbocycles. The molecule has 1 aliphatic heterocycles. The molecule has 0 aliphatic carbocycles. The molecule has 8 heteroatoms. The molecule has 2 aromatic carbocycles. The topological polar surface area (TPSA) is 79.4 Å². The molecule has 0 spiro atoms. The van der Waals surface area contributed by atoms with Crippen LogP contribution in [0.3, 0.4) is 0 Å². The van der Waals surface area contributed by atoms with Crippen LogP contribution in [0, 0.1) is 0 Å². The van der Waals surface area contributed by atoms with Crippen LogP contribution in [0.15, 0.2) is 48.5 Å². The number of hydrogen-bond donors (Lipinski definition) is 2. The SMILES string of the molecule is CCOc1ccccc1OCC1CNCCOC(COc2ccccc2OCC)CNCCO1. The Morgan fingerprint density at radius 1 is 0.647 bits per heavy atom. The monoisotopic (exact) mass is 474 g/mol. The van der Waals surface area contributed by atoms with Crippen molar-refractivity contribution >= 4 is 0 Å². The first kappa shape index (κ1) is 26.1. The predicted molar refractivity (Wildman–Crippen MR) is 131 cm³/mol. The Balaban J connectivity index is 1.43. The average Bonchev–Trinajstić information content (AvgIpc) is 2.85. The maximum atomic E-state index is 6.06. The van der Waals surface area contributed by atoms with Gasteiger partial charge in [-0.2, -0.15) is 0 Å². The number of rotatable bonds is 10. The van der Waals surface area contributed by atoms with E-state index >= 15 is 0 Å². The van der Waals surface area contributed by atoms with Gasteiger partial charge in [0.05, 0.1) is 26.4 Å². The molecule has 2 atom stereocenters. The van der Waals surface area contributed by atoms with Crippen molar-refractivity contribution in [2.24, 2.45) is 0 Å². The Morgan fingerprint density at radius 2 is 1.03 bits per heavy atom. The van der Waals surface area contributed by atoms with Crippen molar-refractivity contribution in [3.8, 4) is 23.0 Å². The molecule has 2 unspecified atom stereocenters. The summed E-state index contributed by atoms with van der Waals surface area (Å²) in [7, 11) is 0. The van der Waals surface area contributed by atoms with Crippen LogP contribution in [0.1, 0.15) is 13.8 Å². The van der Waals surface area contributed by atoms with Gasteiger partial charge in [-0.25, -0.2) is 0 Å². The first-order chi connectivity index (χ1) is 16.8. The fraction of sp³-hybridized carbons (Fsp3) is 0.538. The van der Waals surface area contributed by atoms with E-state index in [2.05, 4.69) is 10.6 Å². The standard InChI is InChI=1S/C26H38N2O6/c1-3-29-23-9-5-7-11-25(23)33-19-21-17-27-14-16-32-22(18-28-13-15-31-21)20-34-26-12-8-6-10-24(26)30-4-2/h5-12,21-22,27-28H,3-4,13-20H2,1-2H3. The highest BCUT2D eigenvalue weighted by Crippen LogP contribution is 2.27. The van der Waals surface area contributed by atoms with Crippen LogP contribution in [-0.4, -0.2) is 78.0 Å². The zero-order chi connectivity index (χ0) is 23.8. The first-order valence-corrected chi connectivity index (χ1v) is 12.1. The third-order valence-electron chi connectivity index (χ3n) is 5.16. The fourth-order valence-corrected chi connectivity index (χ4v) is 3.51. The zero-order valence-corrected chi connectivity index (χ0v) is 20.3. The Morgan fingerprint density at radius 3 is 1.41 bits per heavy atom. The normalized spacial score (nSPS) is 19.9. The van der Waals surface area contributed by atoms with E-state index in [0.29, 0.717) is 65.8 Å². The largest absolute Gasteiger partial charge is 0.490 e. The highest BCUT2D eigenvalue weighted by Gasteiger charge is 2.16. The second-order valence-electron chi connectivity index (χ2n) is 7.78. The van der Waals surface area contributed by atoms with Gasteiger partial charge in [-0.1, -0.05) is 24.3 Å². The highest BCUT2D eigenvalue weighted by molar-refractivity contribution is 5.40. The lowest BCUT2D eigenvalue weighted by atomic mass is 10.3. The minimum absolute atomic E-state index is 0.0786. The van der Waals surface area contributed by atoms with Gasteiger partial charge >= 0.3 is 0 Å². The van der Waals surface area contributed by atoms with Crippen molar-refractivity contribution in [3.63, 3.8) is 0 Å². The second kappa shape index (κ2) is 15.4. The van der Waals surface area contributed by atoms with Gasteiger partial charge in [0.1, 0.15) is 25.4 Å². The Labute approximate surface area is 202 Å². The quantitative estimate of drug-likeness (QED) is 0.544. The smallest absolute Gasteiger partial charge is 0.161 e. The van der Waals surface area contributed by atoms with E-state index in [1.54, 1.807) is 0 Å². The molecule has 188 valence electrons. The van der Waals surface area contributed by atoms with Crippen LogP contribution >= 0.6 is 0 Å². The average molecular weight is 475 g/mol. The van der Waals surface area contributed by atoms with Crippen molar-refractivity contribution in [2.45, 2.75) is 26.1 Å². The molecular weight excluding hydrogens is 436 g/mol.